The number of hydrogen-bond acceptors (Lipinski definition) is 2. The molecule has 96 valence electrons. The summed E-state index contributed by atoms with van der Waals surface area (Å²) >= 11 is 1.77. The molecule has 1 unspecified atom stereocenters. The van der Waals surface area contributed by atoms with Crippen molar-refractivity contribution >= 4 is 11.3 Å². The summed E-state index contributed by atoms with van der Waals surface area (Å²) in [5, 5.41) is 5.62. The highest BCUT2D eigenvalue weighted by Crippen LogP contribution is 2.22. The molecule has 0 aliphatic rings. The monoisotopic (exact) mass is 263 g/mol. The molecule has 1 atom stereocenters. The zero-order chi connectivity index (χ0) is 13.0. The molecule has 1 aromatic carbocycles. The minimum Gasteiger partial charge on any atom is -0.305 e. The molecule has 1 N–H and O–H groups in total. The summed E-state index contributed by atoms with van der Waals surface area (Å²) in [7, 11) is 0. The smallest absolute Gasteiger partial charge is 0.126 e. The lowest BCUT2D eigenvalue weighted by Gasteiger charge is -2.15. The van der Waals surface area contributed by atoms with Gasteiger partial charge >= 0.3 is 0 Å². The third-order valence-electron chi connectivity index (χ3n) is 3.07. The van der Waals surface area contributed by atoms with Crippen LogP contribution in [-0.4, -0.2) is 0 Å². The van der Waals surface area contributed by atoms with Gasteiger partial charge in [-0.3, -0.25) is 0 Å². The molecule has 0 aliphatic carbocycles. The largest absolute Gasteiger partial charge is 0.305 e. The quantitative estimate of drug-likeness (QED) is 0.841. The predicted octanol–water partition coefficient (Wildman–Crippen LogP) is 4.44. The molecule has 0 bridgehead atoms. The Bertz CT molecular complexity index is 493. The van der Waals surface area contributed by atoms with E-state index in [1.54, 1.807) is 24.3 Å². The predicted molar refractivity (Wildman–Crippen MR) is 75.3 cm³/mol. The summed E-state index contributed by atoms with van der Waals surface area (Å²) in [4.78, 5) is 1.36. The molecular formula is C15H18FNS. The Balaban J connectivity index is 1.99. The Morgan fingerprint density at radius 1 is 1.33 bits per heavy atom. The first kappa shape index (κ1) is 13.2. The first-order valence-corrected chi connectivity index (χ1v) is 7.10. The number of aryl methyl sites for hydroxylation is 1. The molecule has 1 nitrogen and oxygen atoms in total. The van der Waals surface area contributed by atoms with Crippen LogP contribution in [0.2, 0.25) is 0 Å². The number of hydrogen-bond donors (Lipinski definition) is 1. The maximum atomic E-state index is 13.2. The normalized spacial score (nSPS) is 12.6. The second-order valence-corrected chi connectivity index (χ2v) is 5.42. The van der Waals surface area contributed by atoms with Gasteiger partial charge in [-0.1, -0.05) is 25.1 Å². The number of benzene rings is 1. The van der Waals surface area contributed by atoms with Gasteiger partial charge in [0, 0.05) is 17.5 Å². The van der Waals surface area contributed by atoms with Crippen molar-refractivity contribution in [2.45, 2.75) is 32.9 Å². The van der Waals surface area contributed by atoms with Crippen molar-refractivity contribution in [2.75, 3.05) is 0 Å². The van der Waals surface area contributed by atoms with E-state index < -0.39 is 0 Å². The third-order valence-corrected chi connectivity index (χ3v) is 4.06. The van der Waals surface area contributed by atoms with Gasteiger partial charge in [-0.05, 0) is 42.0 Å². The van der Waals surface area contributed by atoms with Gasteiger partial charge in [-0.25, -0.2) is 4.39 Å². The van der Waals surface area contributed by atoms with E-state index in [-0.39, 0.29) is 5.82 Å². The van der Waals surface area contributed by atoms with Crippen molar-refractivity contribution in [1.82, 2.24) is 5.32 Å². The van der Waals surface area contributed by atoms with Gasteiger partial charge in [0.15, 0.2) is 0 Å². The van der Waals surface area contributed by atoms with Crippen molar-refractivity contribution in [1.29, 1.82) is 0 Å². The molecule has 2 rings (SSSR count). The van der Waals surface area contributed by atoms with Crippen molar-refractivity contribution in [3.05, 3.63) is 57.5 Å². The highest BCUT2D eigenvalue weighted by Gasteiger charge is 2.09. The Morgan fingerprint density at radius 3 is 2.78 bits per heavy atom. The van der Waals surface area contributed by atoms with Gasteiger partial charge in [0.1, 0.15) is 5.82 Å². The van der Waals surface area contributed by atoms with Crippen LogP contribution in [-0.2, 0) is 6.54 Å². The average molecular weight is 263 g/mol. The highest BCUT2D eigenvalue weighted by atomic mass is 32.1. The maximum absolute atomic E-state index is 13.2. The van der Waals surface area contributed by atoms with E-state index in [2.05, 4.69) is 29.8 Å². The van der Waals surface area contributed by atoms with Crippen LogP contribution in [0.1, 0.15) is 35.4 Å². The minimum absolute atomic E-state index is 0.135. The van der Waals surface area contributed by atoms with Gasteiger partial charge in [0.2, 0.25) is 0 Å². The number of thiophene rings is 1. The van der Waals surface area contributed by atoms with E-state index in [4.69, 9.17) is 0 Å². The first-order chi connectivity index (χ1) is 8.70. The highest BCUT2D eigenvalue weighted by molar-refractivity contribution is 7.10. The van der Waals surface area contributed by atoms with Crippen molar-refractivity contribution < 1.29 is 4.39 Å². The van der Waals surface area contributed by atoms with Gasteiger partial charge in [-0.2, -0.15) is 0 Å². The average Bonchev–Trinajstić information content (AvgIpc) is 2.88. The molecule has 0 fully saturated rings. The molecule has 0 amide bonds. The molecule has 0 saturated carbocycles. The molecule has 1 heterocycles. The Morgan fingerprint density at radius 2 is 2.17 bits per heavy atom. The van der Waals surface area contributed by atoms with Crippen LogP contribution >= 0.6 is 11.3 Å². The molecule has 18 heavy (non-hydrogen) atoms. The van der Waals surface area contributed by atoms with Gasteiger partial charge in [-0.15, -0.1) is 11.3 Å². The molecule has 0 spiro atoms. The standard InChI is InChI=1S/C15H18FNS/c1-3-14(15-5-4-8-18-15)17-10-12-6-7-13(16)11(2)9-12/h4-9,14,17H,3,10H2,1-2H3. The van der Waals surface area contributed by atoms with Crippen LogP contribution in [0.3, 0.4) is 0 Å². The summed E-state index contributed by atoms with van der Waals surface area (Å²) in [6.45, 7) is 4.75. The lowest BCUT2D eigenvalue weighted by atomic mass is 10.1. The summed E-state index contributed by atoms with van der Waals surface area (Å²) in [5.74, 6) is -0.135. The van der Waals surface area contributed by atoms with Gasteiger partial charge in [0.05, 0.1) is 0 Å². The molecule has 3 heteroatoms. The van der Waals surface area contributed by atoms with E-state index in [9.17, 15) is 4.39 Å². The third kappa shape index (κ3) is 3.18. The van der Waals surface area contributed by atoms with E-state index >= 15 is 0 Å². The van der Waals surface area contributed by atoms with Crippen LogP contribution in [0, 0.1) is 12.7 Å². The van der Waals surface area contributed by atoms with E-state index in [1.165, 1.54) is 4.88 Å². The summed E-state index contributed by atoms with van der Waals surface area (Å²) in [6, 6.07) is 9.90. The van der Waals surface area contributed by atoms with Gasteiger partial charge < -0.3 is 5.32 Å². The second kappa shape index (κ2) is 6.12. The Hall–Kier alpha value is -1.19. The molecule has 0 radical (unpaired) electrons. The van der Waals surface area contributed by atoms with Crippen LogP contribution < -0.4 is 5.32 Å². The van der Waals surface area contributed by atoms with Crippen LogP contribution in [0.15, 0.2) is 35.7 Å². The van der Waals surface area contributed by atoms with Crippen molar-refractivity contribution in [3.63, 3.8) is 0 Å². The van der Waals surface area contributed by atoms with Crippen molar-refractivity contribution in [3.8, 4) is 0 Å². The number of rotatable bonds is 5. The minimum atomic E-state index is -0.135. The zero-order valence-electron chi connectivity index (χ0n) is 10.7. The van der Waals surface area contributed by atoms with Gasteiger partial charge in [0.25, 0.3) is 0 Å². The molecular weight excluding hydrogens is 245 g/mol. The number of nitrogens with one attached hydrogen (secondary N) is 1. The van der Waals surface area contributed by atoms with Crippen LogP contribution in [0.25, 0.3) is 0 Å². The summed E-state index contributed by atoms with van der Waals surface area (Å²) in [5.41, 5.74) is 1.84. The molecule has 0 saturated heterocycles. The lowest BCUT2D eigenvalue weighted by Crippen LogP contribution is -2.19. The second-order valence-electron chi connectivity index (χ2n) is 4.44. The fourth-order valence-electron chi connectivity index (χ4n) is 1.99. The van der Waals surface area contributed by atoms with Crippen molar-refractivity contribution in [2.24, 2.45) is 0 Å². The lowest BCUT2D eigenvalue weighted by molar-refractivity contribution is 0.525. The topological polar surface area (TPSA) is 12.0 Å². The fourth-order valence-corrected chi connectivity index (χ4v) is 2.88. The molecule has 2 aromatic rings. The molecule has 1 aromatic heterocycles. The first-order valence-electron chi connectivity index (χ1n) is 6.22. The van der Waals surface area contributed by atoms with Crippen LogP contribution in [0.4, 0.5) is 4.39 Å². The SMILES string of the molecule is CCC(NCc1ccc(F)c(C)c1)c1cccs1. The maximum Gasteiger partial charge on any atom is 0.126 e. The Labute approximate surface area is 112 Å². The zero-order valence-corrected chi connectivity index (χ0v) is 11.6. The Kier molecular flexibility index (Phi) is 4.50. The molecule has 0 aliphatic heterocycles. The van der Waals surface area contributed by atoms with Crippen LogP contribution in [0.5, 0.6) is 0 Å². The summed E-state index contributed by atoms with van der Waals surface area (Å²) < 4.78 is 13.2. The van der Waals surface area contributed by atoms with E-state index in [1.807, 2.05) is 12.1 Å². The number of halogens is 1. The van der Waals surface area contributed by atoms with E-state index in [0.717, 1.165) is 18.5 Å². The summed E-state index contributed by atoms with van der Waals surface area (Å²) in [6.07, 6.45) is 1.06. The fraction of sp³-hybridized carbons (Fsp3) is 0.333. The van der Waals surface area contributed by atoms with E-state index in [0.29, 0.717) is 11.6 Å².